The first-order valence-electron chi connectivity index (χ1n) is 10.7. The summed E-state index contributed by atoms with van der Waals surface area (Å²) in [4.78, 5) is 0. The minimum atomic E-state index is -0.177. The van der Waals surface area contributed by atoms with Crippen molar-refractivity contribution in [3.05, 3.63) is 65.7 Å². The van der Waals surface area contributed by atoms with Crippen molar-refractivity contribution in [3.8, 4) is 23.7 Å². The normalized spacial score (nSPS) is 19.4. The molecule has 0 aliphatic heterocycles. The van der Waals surface area contributed by atoms with Gasteiger partial charge >= 0.3 is 0 Å². The predicted molar refractivity (Wildman–Crippen MR) is 124 cm³/mol. The van der Waals surface area contributed by atoms with E-state index in [1.807, 2.05) is 30.3 Å². The van der Waals surface area contributed by atoms with Gasteiger partial charge in [0.15, 0.2) is 0 Å². The van der Waals surface area contributed by atoms with Crippen LogP contribution in [0.4, 0.5) is 5.69 Å². The second-order valence-corrected chi connectivity index (χ2v) is 9.40. The van der Waals surface area contributed by atoms with Gasteiger partial charge in [0, 0.05) is 22.6 Å². The van der Waals surface area contributed by atoms with Crippen LogP contribution in [-0.4, -0.2) is 0 Å². The number of rotatable bonds is 2. The van der Waals surface area contributed by atoms with Crippen LogP contribution in [0.1, 0.15) is 64.5 Å². The molecule has 2 aromatic carbocycles. The summed E-state index contributed by atoms with van der Waals surface area (Å²) in [7, 11) is 0. The molecule has 2 aromatic rings. The molecule has 0 heterocycles. The largest absolute Gasteiger partial charge is 0.399 e. The first-order valence-corrected chi connectivity index (χ1v) is 10.7. The van der Waals surface area contributed by atoms with Gasteiger partial charge in [-0.1, -0.05) is 54.0 Å². The lowest BCUT2D eigenvalue weighted by molar-refractivity contribution is 0.200. The Kier molecular flexibility index (Phi) is 6.39. The Hall–Kier alpha value is -2.64. The number of hydrogen-bond acceptors (Lipinski definition) is 1. The van der Waals surface area contributed by atoms with Crippen LogP contribution in [0.2, 0.25) is 0 Å². The highest BCUT2D eigenvalue weighted by Gasteiger charge is 2.32. The van der Waals surface area contributed by atoms with E-state index in [-0.39, 0.29) is 10.8 Å². The van der Waals surface area contributed by atoms with Gasteiger partial charge in [-0.15, -0.1) is 0 Å². The molecule has 1 nitrogen and oxygen atoms in total. The van der Waals surface area contributed by atoms with Gasteiger partial charge in [0.1, 0.15) is 0 Å². The third-order valence-electron chi connectivity index (χ3n) is 6.27. The van der Waals surface area contributed by atoms with Crippen molar-refractivity contribution in [2.24, 2.45) is 17.3 Å². The molecule has 150 valence electrons. The smallest absolute Gasteiger partial charge is 0.0506 e. The fourth-order valence-corrected chi connectivity index (χ4v) is 4.06. The summed E-state index contributed by atoms with van der Waals surface area (Å²) in [6, 6.07) is 18.4. The van der Waals surface area contributed by atoms with Crippen molar-refractivity contribution in [3.63, 3.8) is 0 Å². The van der Waals surface area contributed by atoms with Gasteiger partial charge in [0.2, 0.25) is 0 Å². The number of nitrogens with two attached hydrogens (primary N) is 1. The maximum Gasteiger partial charge on any atom is 0.0506 e. The number of hydrogen-bond donors (Lipinski definition) is 1. The third kappa shape index (κ3) is 5.68. The minimum Gasteiger partial charge on any atom is -0.399 e. The van der Waals surface area contributed by atoms with Crippen molar-refractivity contribution < 1.29 is 0 Å². The molecule has 0 radical (unpaired) electrons. The Bertz CT molecular complexity index is 919. The van der Waals surface area contributed by atoms with Crippen LogP contribution in [0.25, 0.3) is 0 Å². The zero-order valence-electron chi connectivity index (χ0n) is 18.3. The first-order chi connectivity index (χ1) is 13.8. The van der Waals surface area contributed by atoms with Crippen LogP contribution in [-0.2, 0) is 5.41 Å². The van der Waals surface area contributed by atoms with E-state index in [2.05, 4.69) is 75.6 Å². The molecule has 3 rings (SSSR count). The number of benzene rings is 2. The van der Waals surface area contributed by atoms with Crippen molar-refractivity contribution in [2.75, 3.05) is 5.73 Å². The highest BCUT2D eigenvalue weighted by Crippen LogP contribution is 2.40. The fraction of sp³-hybridized carbons (Fsp3) is 0.429. The molecule has 0 aromatic heterocycles. The molecular formula is C28H33N. The molecule has 0 saturated heterocycles. The van der Waals surface area contributed by atoms with Gasteiger partial charge in [-0.25, -0.2) is 0 Å². The van der Waals surface area contributed by atoms with Crippen LogP contribution in [0.15, 0.2) is 54.6 Å². The lowest BCUT2D eigenvalue weighted by atomic mass is 9.68. The fourth-order valence-electron chi connectivity index (χ4n) is 4.06. The average Bonchev–Trinajstić information content (AvgIpc) is 2.72. The van der Waals surface area contributed by atoms with Crippen LogP contribution in [0, 0.1) is 40.9 Å². The van der Waals surface area contributed by atoms with E-state index in [1.54, 1.807) is 0 Å². The van der Waals surface area contributed by atoms with Crippen LogP contribution >= 0.6 is 0 Å². The number of nitrogen functional groups attached to an aromatic ring is 1. The minimum absolute atomic E-state index is 0.0168. The maximum atomic E-state index is 5.83. The van der Waals surface area contributed by atoms with E-state index < -0.39 is 0 Å². The van der Waals surface area contributed by atoms with Gasteiger partial charge in [0.25, 0.3) is 0 Å². The first kappa shape index (κ1) is 21.1. The zero-order valence-corrected chi connectivity index (χ0v) is 18.3. The van der Waals surface area contributed by atoms with Crippen LogP contribution in [0.3, 0.4) is 0 Å². The van der Waals surface area contributed by atoms with E-state index in [0.29, 0.717) is 11.8 Å². The van der Waals surface area contributed by atoms with Gasteiger partial charge in [-0.05, 0) is 89.1 Å². The number of anilines is 1. The molecule has 1 heteroatoms. The highest BCUT2D eigenvalue weighted by molar-refractivity contribution is 5.44. The van der Waals surface area contributed by atoms with Crippen LogP contribution < -0.4 is 5.73 Å². The van der Waals surface area contributed by atoms with Gasteiger partial charge < -0.3 is 5.73 Å². The molecule has 0 bridgehead atoms. The van der Waals surface area contributed by atoms with Crippen molar-refractivity contribution in [1.29, 1.82) is 0 Å². The summed E-state index contributed by atoms with van der Waals surface area (Å²) in [5.41, 5.74) is 8.80. The Balaban J connectivity index is 1.62. The van der Waals surface area contributed by atoms with E-state index in [4.69, 9.17) is 5.73 Å². The quantitative estimate of drug-likeness (QED) is 0.469. The summed E-state index contributed by atoms with van der Waals surface area (Å²) in [5, 5.41) is 0. The molecular weight excluding hydrogens is 350 g/mol. The Morgan fingerprint density at radius 1 is 0.793 bits per heavy atom. The second-order valence-electron chi connectivity index (χ2n) is 9.40. The summed E-state index contributed by atoms with van der Waals surface area (Å²) in [6.07, 6.45) is 4.77. The summed E-state index contributed by atoms with van der Waals surface area (Å²) in [5.74, 6) is 15.2. The monoisotopic (exact) mass is 383 g/mol. The van der Waals surface area contributed by atoms with Gasteiger partial charge in [0.05, 0.1) is 5.41 Å². The lowest BCUT2D eigenvalue weighted by Gasteiger charge is -2.35. The van der Waals surface area contributed by atoms with Gasteiger partial charge in [-0.2, -0.15) is 0 Å². The second kappa shape index (κ2) is 8.80. The van der Waals surface area contributed by atoms with E-state index in [0.717, 1.165) is 11.3 Å². The van der Waals surface area contributed by atoms with E-state index in [1.165, 1.54) is 31.2 Å². The molecule has 2 N–H and O–H groups in total. The highest BCUT2D eigenvalue weighted by atomic mass is 14.5. The molecule has 29 heavy (non-hydrogen) atoms. The Morgan fingerprint density at radius 2 is 1.41 bits per heavy atom. The third-order valence-corrected chi connectivity index (χ3v) is 6.27. The van der Waals surface area contributed by atoms with E-state index >= 15 is 0 Å². The molecule has 1 saturated carbocycles. The summed E-state index contributed by atoms with van der Waals surface area (Å²) in [6.45, 7) is 8.99. The molecule has 0 amide bonds. The van der Waals surface area contributed by atoms with Gasteiger partial charge in [-0.3, -0.25) is 0 Å². The topological polar surface area (TPSA) is 26.0 Å². The van der Waals surface area contributed by atoms with Crippen molar-refractivity contribution in [2.45, 2.75) is 58.8 Å². The SMILES string of the molecule is CC(C)(C#CC(C)(C)C1CCC(C#Cc2ccccc2)CC1)c1ccc(N)cc1. The molecule has 0 atom stereocenters. The lowest BCUT2D eigenvalue weighted by Crippen LogP contribution is -2.27. The van der Waals surface area contributed by atoms with Crippen LogP contribution in [0.5, 0.6) is 0 Å². The van der Waals surface area contributed by atoms with E-state index in [9.17, 15) is 0 Å². The maximum absolute atomic E-state index is 5.83. The summed E-state index contributed by atoms with van der Waals surface area (Å²) < 4.78 is 0. The molecule has 0 spiro atoms. The Morgan fingerprint density at radius 3 is 2.03 bits per heavy atom. The molecule has 0 unspecified atom stereocenters. The summed E-state index contributed by atoms with van der Waals surface area (Å²) >= 11 is 0. The van der Waals surface area contributed by atoms with Crippen molar-refractivity contribution in [1.82, 2.24) is 0 Å². The average molecular weight is 384 g/mol. The molecule has 1 aliphatic rings. The standard InChI is InChI=1S/C28H33N/c1-27(2,20-21-28(3,4)25-16-18-26(29)19-17-25)24-14-12-23(13-15-24)11-10-22-8-6-5-7-9-22/h5-9,16-19,23-24H,12-15,29H2,1-4H3. The zero-order chi connectivity index (χ0) is 20.9. The van der Waals surface area contributed by atoms with Crippen molar-refractivity contribution >= 4 is 5.69 Å². The Labute approximate surface area is 177 Å². The molecule has 1 aliphatic carbocycles. The predicted octanol–water partition coefficient (Wildman–Crippen LogP) is 6.43. The molecule has 1 fully saturated rings.